The van der Waals surface area contributed by atoms with Crippen LogP contribution in [0.3, 0.4) is 0 Å². The van der Waals surface area contributed by atoms with Crippen LogP contribution in [0, 0.1) is 5.82 Å². The summed E-state index contributed by atoms with van der Waals surface area (Å²) in [6.07, 6.45) is 0.626. The van der Waals surface area contributed by atoms with Gasteiger partial charge in [0.25, 0.3) is 5.91 Å². The maximum atomic E-state index is 13.3. The first-order valence-corrected chi connectivity index (χ1v) is 8.74. The van der Waals surface area contributed by atoms with Gasteiger partial charge in [-0.1, -0.05) is 12.1 Å². The summed E-state index contributed by atoms with van der Waals surface area (Å²) < 4.78 is 18.7. The van der Waals surface area contributed by atoms with Crippen LogP contribution in [0.2, 0.25) is 0 Å². The molecule has 0 aliphatic carbocycles. The molecule has 1 unspecified atom stereocenters. The number of morpholine rings is 1. The van der Waals surface area contributed by atoms with Crippen LogP contribution in [0.4, 0.5) is 4.39 Å². The molecule has 1 aromatic carbocycles. The molecule has 140 valence electrons. The fourth-order valence-corrected chi connectivity index (χ4v) is 3.16. The predicted octanol–water partition coefficient (Wildman–Crippen LogP) is 0.923. The Balaban J connectivity index is 1.69. The smallest absolute Gasteiger partial charge is 0.267 e. The van der Waals surface area contributed by atoms with E-state index in [9.17, 15) is 14.0 Å². The summed E-state index contributed by atoms with van der Waals surface area (Å²) in [6, 6.07) is 6.26. The Kier molecular flexibility index (Phi) is 5.95. The van der Waals surface area contributed by atoms with Crippen molar-refractivity contribution >= 4 is 17.5 Å². The second-order valence-corrected chi connectivity index (χ2v) is 6.39. The van der Waals surface area contributed by atoms with Gasteiger partial charge in [-0.15, -0.1) is 0 Å². The van der Waals surface area contributed by atoms with Gasteiger partial charge in [0.05, 0.1) is 19.3 Å². The molecule has 1 aromatic rings. The molecule has 2 amide bonds. The number of benzene rings is 1. The molecule has 1 N–H and O–H groups in total. The Labute approximate surface area is 151 Å². The fourth-order valence-electron chi connectivity index (χ4n) is 3.16. The van der Waals surface area contributed by atoms with Gasteiger partial charge in [0, 0.05) is 39.5 Å². The third-order valence-electron chi connectivity index (χ3n) is 4.67. The van der Waals surface area contributed by atoms with E-state index in [0.717, 1.165) is 18.7 Å². The first kappa shape index (κ1) is 18.5. The highest BCUT2D eigenvalue weighted by molar-refractivity contribution is 6.39. The molecule has 8 heteroatoms. The van der Waals surface area contributed by atoms with Gasteiger partial charge in [-0.2, -0.15) is 5.10 Å². The maximum Gasteiger partial charge on any atom is 0.267 e. The topological polar surface area (TPSA) is 74.2 Å². The fraction of sp³-hybridized carbons (Fsp3) is 0.500. The van der Waals surface area contributed by atoms with Crippen LogP contribution < -0.4 is 5.32 Å². The normalized spacial score (nSPS) is 19.8. The number of hydrogen-bond acceptors (Lipinski definition) is 5. The van der Waals surface area contributed by atoms with Crippen LogP contribution in [0.1, 0.15) is 24.4 Å². The Hall–Kier alpha value is -2.32. The van der Waals surface area contributed by atoms with E-state index in [-0.39, 0.29) is 30.1 Å². The molecule has 2 heterocycles. The highest BCUT2D eigenvalue weighted by atomic mass is 19.1. The Morgan fingerprint density at radius 1 is 1.27 bits per heavy atom. The lowest BCUT2D eigenvalue weighted by Gasteiger charge is -2.35. The van der Waals surface area contributed by atoms with Gasteiger partial charge in [0.2, 0.25) is 5.91 Å². The number of nitrogens with zero attached hydrogens (tertiary/aromatic N) is 3. The third-order valence-corrected chi connectivity index (χ3v) is 4.67. The number of amides is 2. The van der Waals surface area contributed by atoms with Crippen LogP contribution in [0.15, 0.2) is 29.4 Å². The van der Waals surface area contributed by atoms with E-state index in [0.29, 0.717) is 31.9 Å². The lowest BCUT2D eigenvalue weighted by molar-refractivity contribution is -0.130. The number of nitrogens with one attached hydrogen (secondary N) is 1. The standard InChI is InChI=1S/C18H23FN4O3/c1-22-17(24)7-6-15(21-22)18(25)20-12-16(23-8-10-26-11-9-23)13-2-4-14(19)5-3-13/h2-5,16H,6-12H2,1H3,(H,20,25). The maximum absolute atomic E-state index is 13.3. The van der Waals surface area contributed by atoms with Gasteiger partial charge in [-0.25, -0.2) is 9.40 Å². The molecule has 1 saturated heterocycles. The van der Waals surface area contributed by atoms with Gasteiger partial charge in [-0.05, 0) is 17.7 Å². The zero-order chi connectivity index (χ0) is 18.5. The largest absolute Gasteiger partial charge is 0.379 e. The average Bonchev–Trinajstić information content (AvgIpc) is 2.66. The summed E-state index contributed by atoms with van der Waals surface area (Å²) >= 11 is 0. The van der Waals surface area contributed by atoms with Crippen molar-refractivity contribution in [1.82, 2.24) is 15.2 Å². The van der Waals surface area contributed by atoms with Crippen molar-refractivity contribution in [1.29, 1.82) is 0 Å². The number of halogens is 1. The van der Waals surface area contributed by atoms with Crippen molar-refractivity contribution in [3.05, 3.63) is 35.6 Å². The number of rotatable bonds is 5. The minimum atomic E-state index is -0.289. The molecule has 0 aromatic heterocycles. The van der Waals surface area contributed by atoms with Gasteiger partial charge in [-0.3, -0.25) is 14.5 Å². The molecule has 26 heavy (non-hydrogen) atoms. The van der Waals surface area contributed by atoms with Crippen molar-refractivity contribution < 1.29 is 18.7 Å². The van der Waals surface area contributed by atoms with E-state index < -0.39 is 0 Å². The molecular formula is C18H23FN4O3. The zero-order valence-electron chi connectivity index (χ0n) is 14.8. The lowest BCUT2D eigenvalue weighted by atomic mass is 10.0. The quantitative estimate of drug-likeness (QED) is 0.845. The van der Waals surface area contributed by atoms with Gasteiger partial charge < -0.3 is 10.1 Å². The molecule has 1 atom stereocenters. The van der Waals surface area contributed by atoms with E-state index >= 15 is 0 Å². The number of carbonyl (C=O) groups is 2. The van der Waals surface area contributed by atoms with Gasteiger partial charge in [0.1, 0.15) is 11.5 Å². The molecule has 0 radical (unpaired) electrons. The van der Waals surface area contributed by atoms with Crippen molar-refractivity contribution in [2.75, 3.05) is 39.9 Å². The van der Waals surface area contributed by atoms with Crippen LogP contribution in [-0.2, 0) is 14.3 Å². The molecule has 1 fully saturated rings. The monoisotopic (exact) mass is 362 g/mol. The molecule has 0 bridgehead atoms. The molecule has 0 spiro atoms. The summed E-state index contributed by atoms with van der Waals surface area (Å²) in [5.41, 5.74) is 1.29. The van der Waals surface area contributed by atoms with E-state index in [4.69, 9.17) is 4.74 Å². The van der Waals surface area contributed by atoms with E-state index in [1.165, 1.54) is 17.1 Å². The number of hydrogen-bond donors (Lipinski definition) is 1. The number of hydrazone groups is 1. The van der Waals surface area contributed by atoms with Crippen LogP contribution in [-0.4, -0.2) is 67.3 Å². The Morgan fingerprint density at radius 3 is 2.62 bits per heavy atom. The van der Waals surface area contributed by atoms with E-state index in [1.807, 2.05) is 0 Å². The summed E-state index contributed by atoms with van der Waals surface area (Å²) in [4.78, 5) is 26.1. The van der Waals surface area contributed by atoms with Crippen LogP contribution in [0.5, 0.6) is 0 Å². The third kappa shape index (κ3) is 4.44. The summed E-state index contributed by atoms with van der Waals surface area (Å²) in [7, 11) is 1.55. The summed E-state index contributed by atoms with van der Waals surface area (Å²) in [5, 5.41) is 8.16. The second kappa shape index (κ2) is 8.37. The van der Waals surface area contributed by atoms with Crippen molar-refractivity contribution in [3.63, 3.8) is 0 Å². The van der Waals surface area contributed by atoms with Crippen molar-refractivity contribution in [3.8, 4) is 0 Å². The lowest BCUT2D eigenvalue weighted by Crippen LogP contribution is -2.45. The minimum Gasteiger partial charge on any atom is -0.379 e. The molecule has 7 nitrogen and oxygen atoms in total. The van der Waals surface area contributed by atoms with Gasteiger partial charge >= 0.3 is 0 Å². The predicted molar refractivity (Wildman–Crippen MR) is 94.0 cm³/mol. The zero-order valence-corrected chi connectivity index (χ0v) is 14.8. The second-order valence-electron chi connectivity index (χ2n) is 6.39. The van der Waals surface area contributed by atoms with Crippen molar-refractivity contribution in [2.45, 2.75) is 18.9 Å². The number of carbonyl (C=O) groups excluding carboxylic acids is 2. The Morgan fingerprint density at radius 2 is 1.96 bits per heavy atom. The van der Waals surface area contributed by atoms with E-state index in [1.54, 1.807) is 19.2 Å². The summed E-state index contributed by atoms with van der Waals surface area (Å²) in [5.74, 6) is -0.661. The Bertz CT molecular complexity index is 686. The van der Waals surface area contributed by atoms with Crippen molar-refractivity contribution in [2.24, 2.45) is 5.10 Å². The SMILES string of the molecule is CN1N=C(C(=O)NCC(c2ccc(F)cc2)N2CCOCC2)CCC1=O. The highest BCUT2D eigenvalue weighted by Crippen LogP contribution is 2.22. The minimum absolute atomic E-state index is 0.0768. The van der Waals surface area contributed by atoms with Crippen LogP contribution >= 0.6 is 0 Å². The first-order valence-electron chi connectivity index (χ1n) is 8.74. The molecular weight excluding hydrogens is 339 g/mol. The molecule has 0 saturated carbocycles. The van der Waals surface area contributed by atoms with E-state index in [2.05, 4.69) is 15.3 Å². The molecule has 2 aliphatic rings. The summed E-state index contributed by atoms with van der Waals surface area (Å²) in [6.45, 7) is 3.13. The molecule has 2 aliphatic heterocycles. The molecule has 3 rings (SSSR count). The van der Waals surface area contributed by atoms with Crippen LogP contribution in [0.25, 0.3) is 0 Å². The first-order chi connectivity index (χ1) is 12.5. The average molecular weight is 362 g/mol. The number of ether oxygens (including phenoxy) is 1. The highest BCUT2D eigenvalue weighted by Gasteiger charge is 2.26. The van der Waals surface area contributed by atoms with Gasteiger partial charge in [0.15, 0.2) is 0 Å².